The van der Waals surface area contributed by atoms with E-state index in [0.717, 1.165) is 30.2 Å². The smallest absolute Gasteiger partial charge is 0.274 e. The number of H-pyrrole nitrogens is 1. The van der Waals surface area contributed by atoms with Crippen LogP contribution in [0.3, 0.4) is 0 Å². The Balaban J connectivity index is 1.71. The average molecular weight is 392 g/mol. The van der Waals surface area contributed by atoms with E-state index in [-0.39, 0.29) is 22.4 Å². The van der Waals surface area contributed by atoms with E-state index in [4.69, 9.17) is 0 Å². The van der Waals surface area contributed by atoms with Gasteiger partial charge < -0.3 is 10.3 Å². The predicted octanol–water partition coefficient (Wildman–Crippen LogP) is 5.08. The number of pyridine rings is 1. The van der Waals surface area contributed by atoms with Gasteiger partial charge in [0, 0.05) is 29.4 Å². The molecule has 150 valence electrons. The number of carbonyl (C=O) groups is 1. The van der Waals surface area contributed by atoms with Crippen molar-refractivity contribution in [3.63, 3.8) is 0 Å². The first-order chi connectivity index (χ1) is 14.0. The summed E-state index contributed by atoms with van der Waals surface area (Å²) in [6, 6.07) is 8.78. The minimum absolute atomic E-state index is 0.0798. The van der Waals surface area contributed by atoms with E-state index in [1.54, 1.807) is 31.3 Å². The van der Waals surface area contributed by atoms with Gasteiger partial charge in [0.15, 0.2) is 0 Å². The Kier molecular flexibility index (Phi) is 5.29. The van der Waals surface area contributed by atoms with Gasteiger partial charge in [0.1, 0.15) is 5.82 Å². The Morgan fingerprint density at radius 1 is 1.34 bits per heavy atom. The molecule has 1 unspecified atom stereocenters. The van der Waals surface area contributed by atoms with E-state index in [0.29, 0.717) is 22.8 Å². The summed E-state index contributed by atoms with van der Waals surface area (Å²) in [6.07, 6.45) is 8.93. The quantitative estimate of drug-likeness (QED) is 0.451. The second kappa shape index (κ2) is 8.03. The number of aromatic amines is 1. The number of fused-ring (bicyclic) bond motifs is 1. The number of carbonyl (C=O) groups excluding carboxylic acids is 1. The van der Waals surface area contributed by atoms with E-state index in [9.17, 15) is 14.9 Å². The number of rotatable bonds is 6. The van der Waals surface area contributed by atoms with Crippen molar-refractivity contribution in [3.05, 3.63) is 64.0 Å². The van der Waals surface area contributed by atoms with Gasteiger partial charge in [-0.15, -0.1) is 0 Å². The molecule has 1 amide bonds. The molecule has 1 aromatic carbocycles. The van der Waals surface area contributed by atoms with Crippen LogP contribution in [-0.4, -0.2) is 20.8 Å². The highest BCUT2D eigenvalue weighted by molar-refractivity contribution is 5.99. The summed E-state index contributed by atoms with van der Waals surface area (Å²) >= 11 is 0. The maximum absolute atomic E-state index is 13.2. The molecule has 2 N–H and O–H groups in total. The van der Waals surface area contributed by atoms with Crippen LogP contribution in [0.15, 0.2) is 42.7 Å². The summed E-state index contributed by atoms with van der Waals surface area (Å²) in [5.74, 6) is 0.612. The Morgan fingerprint density at radius 3 is 2.83 bits per heavy atom. The van der Waals surface area contributed by atoms with Crippen LogP contribution in [0, 0.1) is 23.0 Å². The summed E-state index contributed by atoms with van der Waals surface area (Å²) in [5, 5.41) is 15.1. The van der Waals surface area contributed by atoms with Gasteiger partial charge in [0.25, 0.3) is 5.69 Å². The monoisotopic (exact) mass is 392 g/mol. The number of hydrogen-bond donors (Lipinski definition) is 2. The standard InChI is InChI=1S/C22H24N4O3/c1-14-10-16-18(13-24-19(16)12-20(14)26(28)29)17(11-15-6-2-3-7-15)22(27)25-21-8-4-5-9-23-21/h4-5,8-10,12-13,15,17,24H,2-3,6-7,11H2,1H3,(H,23,25,27). The van der Waals surface area contributed by atoms with Gasteiger partial charge in [-0.25, -0.2) is 4.98 Å². The Hall–Kier alpha value is -3.22. The SMILES string of the molecule is Cc1cc2c(C(CC3CCCC3)C(=O)Nc3ccccn3)c[nH]c2cc1[N+](=O)[O-]. The van der Waals surface area contributed by atoms with Crippen LogP contribution in [0.4, 0.5) is 11.5 Å². The molecule has 0 saturated heterocycles. The Labute approximate surface area is 168 Å². The van der Waals surface area contributed by atoms with Crippen LogP contribution in [0.1, 0.15) is 49.1 Å². The van der Waals surface area contributed by atoms with Crippen molar-refractivity contribution in [1.82, 2.24) is 9.97 Å². The molecule has 3 aromatic rings. The highest BCUT2D eigenvalue weighted by Gasteiger charge is 2.29. The van der Waals surface area contributed by atoms with Crippen LogP contribution >= 0.6 is 0 Å². The third-order valence-electron chi connectivity index (χ3n) is 5.88. The van der Waals surface area contributed by atoms with Crippen molar-refractivity contribution >= 4 is 28.3 Å². The van der Waals surface area contributed by atoms with Gasteiger partial charge in [0.05, 0.1) is 16.4 Å². The number of amides is 1. The fourth-order valence-electron chi connectivity index (χ4n) is 4.38. The molecule has 29 heavy (non-hydrogen) atoms. The summed E-state index contributed by atoms with van der Waals surface area (Å²) in [5.41, 5.74) is 2.24. The van der Waals surface area contributed by atoms with Crippen LogP contribution in [0.2, 0.25) is 0 Å². The van der Waals surface area contributed by atoms with Gasteiger partial charge in [0.2, 0.25) is 5.91 Å². The van der Waals surface area contributed by atoms with Gasteiger partial charge in [-0.05, 0) is 43.0 Å². The topological polar surface area (TPSA) is 101 Å². The van der Waals surface area contributed by atoms with Crippen molar-refractivity contribution in [2.24, 2.45) is 5.92 Å². The highest BCUT2D eigenvalue weighted by Crippen LogP contribution is 2.38. The molecule has 2 aromatic heterocycles. The molecule has 1 saturated carbocycles. The maximum Gasteiger partial charge on any atom is 0.274 e. The molecular formula is C22H24N4O3. The molecular weight excluding hydrogens is 368 g/mol. The lowest BCUT2D eigenvalue weighted by atomic mass is 9.86. The van der Waals surface area contributed by atoms with Crippen molar-refractivity contribution in [3.8, 4) is 0 Å². The lowest BCUT2D eigenvalue weighted by molar-refractivity contribution is -0.385. The molecule has 4 rings (SSSR count). The first kappa shape index (κ1) is 19.1. The van der Waals surface area contributed by atoms with E-state index in [2.05, 4.69) is 15.3 Å². The number of nitro benzene ring substituents is 1. The minimum atomic E-state index is -0.376. The number of aromatic nitrogens is 2. The van der Waals surface area contributed by atoms with E-state index in [1.807, 2.05) is 18.3 Å². The Bertz CT molecular complexity index is 1040. The first-order valence-corrected chi connectivity index (χ1v) is 10.0. The molecule has 0 aliphatic heterocycles. The van der Waals surface area contributed by atoms with Crippen LogP contribution in [-0.2, 0) is 4.79 Å². The van der Waals surface area contributed by atoms with Crippen LogP contribution < -0.4 is 5.32 Å². The lowest BCUT2D eigenvalue weighted by Gasteiger charge is -2.20. The largest absolute Gasteiger partial charge is 0.361 e. The molecule has 0 bridgehead atoms. The Morgan fingerprint density at radius 2 is 2.14 bits per heavy atom. The van der Waals surface area contributed by atoms with E-state index < -0.39 is 0 Å². The zero-order valence-electron chi connectivity index (χ0n) is 16.4. The lowest BCUT2D eigenvalue weighted by Crippen LogP contribution is -2.23. The molecule has 0 radical (unpaired) electrons. The molecule has 1 aliphatic rings. The number of nitro groups is 1. The second-order valence-electron chi connectivity index (χ2n) is 7.83. The predicted molar refractivity (Wildman–Crippen MR) is 112 cm³/mol. The van der Waals surface area contributed by atoms with Crippen molar-refractivity contribution in [2.45, 2.75) is 44.9 Å². The van der Waals surface area contributed by atoms with E-state index >= 15 is 0 Å². The van der Waals surface area contributed by atoms with Crippen molar-refractivity contribution in [2.75, 3.05) is 5.32 Å². The molecule has 7 nitrogen and oxygen atoms in total. The number of nitrogens with one attached hydrogen (secondary N) is 2. The normalized spacial score (nSPS) is 15.5. The fraction of sp³-hybridized carbons (Fsp3) is 0.364. The summed E-state index contributed by atoms with van der Waals surface area (Å²) < 4.78 is 0. The maximum atomic E-state index is 13.2. The molecule has 1 atom stereocenters. The zero-order chi connectivity index (χ0) is 20.4. The minimum Gasteiger partial charge on any atom is -0.361 e. The summed E-state index contributed by atoms with van der Waals surface area (Å²) in [7, 11) is 0. The molecule has 7 heteroatoms. The van der Waals surface area contributed by atoms with Gasteiger partial charge >= 0.3 is 0 Å². The van der Waals surface area contributed by atoms with Crippen molar-refractivity contribution in [1.29, 1.82) is 0 Å². The number of hydrogen-bond acceptors (Lipinski definition) is 4. The number of benzene rings is 1. The molecule has 0 spiro atoms. The van der Waals surface area contributed by atoms with Crippen molar-refractivity contribution < 1.29 is 9.72 Å². The van der Waals surface area contributed by atoms with E-state index in [1.165, 1.54) is 12.8 Å². The van der Waals surface area contributed by atoms with Gasteiger partial charge in [-0.1, -0.05) is 31.7 Å². The first-order valence-electron chi connectivity index (χ1n) is 10.0. The number of anilines is 1. The third-order valence-corrected chi connectivity index (χ3v) is 5.88. The third kappa shape index (κ3) is 3.99. The van der Waals surface area contributed by atoms with Gasteiger partial charge in [-0.2, -0.15) is 0 Å². The molecule has 1 aliphatic carbocycles. The van der Waals surface area contributed by atoms with Gasteiger partial charge in [-0.3, -0.25) is 14.9 Å². The summed E-state index contributed by atoms with van der Waals surface area (Å²) in [4.78, 5) is 31.5. The number of nitrogens with zero attached hydrogens (tertiary/aromatic N) is 2. The molecule has 2 heterocycles. The average Bonchev–Trinajstić information content (AvgIpc) is 3.35. The second-order valence-corrected chi connectivity index (χ2v) is 7.83. The van der Waals surface area contributed by atoms with Crippen LogP contribution in [0.25, 0.3) is 10.9 Å². The van der Waals surface area contributed by atoms with Crippen LogP contribution in [0.5, 0.6) is 0 Å². The fourth-order valence-corrected chi connectivity index (χ4v) is 4.38. The zero-order valence-corrected chi connectivity index (χ0v) is 16.4. The number of aryl methyl sites for hydroxylation is 1. The molecule has 1 fully saturated rings. The summed E-state index contributed by atoms with van der Waals surface area (Å²) in [6.45, 7) is 1.73. The highest BCUT2D eigenvalue weighted by atomic mass is 16.6.